The van der Waals surface area contributed by atoms with Crippen molar-refractivity contribution >= 4 is 11.6 Å². The molecule has 1 spiro atoms. The monoisotopic (exact) mass is 241 g/mol. The lowest BCUT2D eigenvalue weighted by molar-refractivity contribution is 0.825. The second-order valence-corrected chi connectivity index (χ2v) is 6.06. The first kappa shape index (κ1) is 10.4. The van der Waals surface area contributed by atoms with Gasteiger partial charge < -0.3 is 11.1 Å². The summed E-state index contributed by atoms with van der Waals surface area (Å²) in [5, 5.41) is 3.24. The van der Waals surface area contributed by atoms with Crippen LogP contribution in [0.2, 0.25) is 0 Å². The Labute approximate surface area is 107 Å². The molecule has 0 amide bonds. The maximum atomic E-state index is 5.98. The van der Waals surface area contributed by atoms with Crippen molar-refractivity contribution in [3.8, 4) is 0 Å². The van der Waals surface area contributed by atoms with Gasteiger partial charge in [-0.15, -0.1) is 0 Å². The highest BCUT2D eigenvalue weighted by Crippen LogP contribution is 2.67. The van der Waals surface area contributed by atoms with Gasteiger partial charge in [-0.05, 0) is 67.2 Å². The number of nitrogens with two attached hydrogens (primary N) is 1. The Morgan fingerprint density at radius 3 is 2.89 bits per heavy atom. The molecule has 0 saturated heterocycles. The van der Waals surface area contributed by atoms with Crippen molar-refractivity contribution in [2.75, 3.05) is 5.32 Å². The van der Waals surface area contributed by atoms with Gasteiger partial charge in [0.25, 0.3) is 0 Å². The minimum Gasteiger partial charge on any atom is -0.370 e. The standard InChI is InChI=1S/C15H19N3/c16-14(18-13-9-15(13)6-7-15)17-12-5-4-10-2-1-3-11(10)8-12/h4-5,8,13H,1-3,6-7,9H2,(H3,16,17,18). The molecule has 1 aromatic rings. The maximum Gasteiger partial charge on any atom is 0.193 e. The van der Waals surface area contributed by atoms with Crippen LogP contribution in [0.15, 0.2) is 23.2 Å². The Morgan fingerprint density at radius 1 is 1.28 bits per heavy atom. The van der Waals surface area contributed by atoms with E-state index in [-0.39, 0.29) is 0 Å². The van der Waals surface area contributed by atoms with E-state index in [4.69, 9.17) is 5.73 Å². The van der Waals surface area contributed by atoms with Crippen molar-refractivity contribution in [3.05, 3.63) is 29.3 Å². The molecule has 0 heterocycles. The average Bonchev–Trinajstić information content (AvgIpc) is 3.20. The molecular weight excluding hydrogens is 222 g/mol. The van der Waals surface area contributed by atoms with Gasteiger partial charge in [-0.2, -0.15) is 0 Å². The van der Waals surface area contributed by atoms with Crippen LogP contribution < -0.4 is 11.1 Å². The van der Waals surface area contributed by atoms with Gasteiger partial charge in [0.05, 0.1) is 6.04 Å². The molecule has 3 heteroatoms. The Balaban J connectivity index is 1.47. The third kappa shape index (κ3) is 1.69. The zero-order valence-electron chi connectivity index (χ0n) is 10.6. The third-order valence-electron chi connectivity index (χ3n) is 4.70. The molecule has 1 unspecified atom stereocenters. The number of rotatable bonds is 2. The summed E-state index contributed by atoms with van der Waals surface area (Å²) in [4.78, 5) is 4.58. The molecule has 0 aliphatic heterocycles. The summed E-state index contributed by atoms with van der Waals surface area (Å²) >= 11 is 0. The second kappa shape index (κ2) is 3.50. The number of nitrogens with zero attached hydrogens (tertiary/aromatic N) is 1. The van der Waals surface area contributed by atoms with Crippen LogP contribution >= 0.6 is 0 Å². The molecular formula is C15H19N3. The molecule has 0 bridgehead atoms. The van der Waals surface area contributed by atoms with Crippen molar-refractivity contribution in [1.82, 2.24) is 0 Å². The van der Waals surface area contributed by atoms with E-state index >= 15 is 0 Å². The fourth-order valence-corrected chi connectivity index (χ4v) is 3.20. The summed E-state index contributed by atoms with van der Waals surface area (Å²) in [5.74, 6) is 0.585. The lowest BCUT2D eigenvalue weighted by Gasteiger charge is -2.07. The molecule has 3 nitrogen and oxygen atoms in total. The largest absolute Gasteiger partial charge is 0.370 e. The maximum absolute atomic E-state index is 5.98. The molecule has 3 aliphatic rings. The van der Waals surface area contributed by atoms with Gasteiger partial charge in [0.2, 0.25) is 0 Å². The summed E-state index contributed by atoms with van der Waals surface area (Å²) in [6.07, 6.45) is 7.67. The van der Waals surface area contributed by atoms with E-state index in [1.54, 1.807) is 0 Å². The molecule has 1 aromatic carbocycles. The predicted octanol–water partition coefficient (Wildman–Crippen LogP) is 2.45. The first-order chi connectivity index (χ1) is 8.75. The summed E-state index contributed by atoms with van der Waals surface area (Å²) in [7, 11) is 0. The van der Waals surface area contributed by atoms with E-state index in [0.29, 0.717) is 17.4 Å². The van der Waals surface area contributed by atoms with Crippen molar-refractivity contribution in [2.45, 2.75) is 44.6 Å². The number of aliphatic imine (C=N–C) groups is 1. The number of fused-ring (bicyclic) bond motifs is 1. The zero-order chi connectivity index (χ0) is 12.2. The van der Waals surface area contributed by atoms with Gasteiger partial charge >= 0.3 is 0 Å². The van der Waals surface area contributed by atoms with E-state index in [2.05, 4.69) is 28.5 Å². The highest BCUT2D eigenvalue weighted by molar-refractivity contribution is 5.92. The van der Waals surface area contributed by atoms with Gasteiger partial charge in [0.1, 0.15) is 0 Å². The SMILES string of the molecule is NC(=NC1CC12CC2)Nc1ccc2c(c1)CCC2. The van der Waals surface area contributed by atoms with E-state index in [1.165, 1.54) is 49.7 Å². The molecule has 3 aliphatic carbocycles. The first-order valence-corrected chi connectivity index (χ1v) is 6.97. The van der Waals surface area contributed by atoms with Crippen molar-refractivity contribution in [2.24, 2.45) is 16.1 Å². The van der Waals surface area contributed by atoms with Gasteiger partial charge in [0, 0.05) is 5.69 Å². The van der Waals surface area contributed by atoms with Crippen LogP contribution in [-0.2, 0) is 12.8 Å². The van der Waals surface area contributed by atoms with Crippen LogP contribution in [0, 0.1) is 5.41 Å². The van der Waals surface area contributed by atoms with E-state index in [0.717, 1.165) is 5.69 Å². The topological polar surface area (TPSA) is 50.4 Å². The van der Waals surface area contributed by atoms with Crippen molar-refractivity contribution < 1.29 is 0 Å². The third-order valence-corrected chi connectivity index (χ3v) is 4.70. The molecule has 0 aromatic heterocycles. The second-order valence-electron chi connectivity index (χ2n) is 6.06. The Morgan fingerprint density at radius 2 is 2.11 bits per heavy atom. The van der Waals surface area contributed by atoms with Crippen LogP contribution in [-0.4, -0.2) is 12.0 Å². The summed E-state index contributed by atoms with van der Waals surface area (Å²) in [6, 6.07) is 7.06. The number of guanidine groups is 1. The number of aryl methyl sites for hydroxylation is 2. The molecule has 4 rings (SSSR count). The molecule has 94 valence electrons. The zero-order valence-corrected chi connectivity index (χ0v) is 10.6. The summed E-state index contributed by atoms with van der Waals surface area (Å²) in [5.41, 5.74) is 10.6. The van der Waals surface area contributed by atoms with Gasteiger partial charge in [0.15, 0.2) is 5.96 Å². The normalized spacial score (nSPS) is 27.1. The first-order valence-electron chi connectivity index (χ1n) is 6.97. The fraction of sp³-hybridized carbons (Fsp3) is 0.533. The Hall–Kier alpha value is -1.51. The number of hydrogen-bond acceptors (Lipinski definition) is 1. The molecule has 0 radical (unpaired) electrons. The van der Waals surface area contributed by atoms with E-state index in [1.807, 2.05) is 0 Å². The average molecular weight is 241 g/mol. The van der Waals surface area contributed by atoms with Crippen LogP contribution in [0.4, 0.5) is 5.69 Å². The molecule has 2 saturated carbocycles. The molecule has 2 fully saturated rings. The van der Waals surface area contributed by atoms with Crippen LogP contribution in [0.5, 0.6) is 0 Å². The number of benzene rings is 1. The number of anilines is 1. The van der Waals surface area contributed by atoms with Gasteiger partial charge in [-0.25, -0.2) is 4.99 Å². The Bertz CT molecular complexity index is 529. The highest BCUT2D eigenvalue weighted by Gasteiger charge is 2.63. The van der Waals surface area contributed by atoms with E-state index < -0.39 is 0 Å². The minimum absolute atomic E-state index is 0.499. The smallest absolute Gasteiger partial charge is 0.193 e. The molecule has 18 heavy (non-hydrogen) atoms. The minimum atomic E-state index is 0.499. The van der Waals surface area contributed by atoms with Crippen LogP contribution in [0.3, 0.4) is 0 Å². The molecule has 3 N–H and O–H groups in total. The van der Waals surface area contributed by atoms with Crippen LogP contribution in [0.25, 0.3) is 0 Å². The van der Waals surface area contributed by atoms with E-state index in [9.17, 15) is 0 Å². The van der Waals surface area contributed by atoms with Crippen molar-refractivity contribution in [3.63, 3.8) is 0 Å². The predicted molar refractivity (Wildman–Crippen MR) is 73.8 cm³/mol. The number of nitrogens with one attached hydrogen (secondary N) is 1. The highest BCUT2D eigenvalue weighted by atomic mass is 15.1. The summed E-state index contributed by atoms with van der Waals surface area (Å²) in [6.45, 7) is 0. The lowest BCUT2D eigenvalue weighted by atomic mass is 10.1. The summed E-state index contributed by atoms with van der Waals surface area (Å²) < 4.78 is 0. The fourth-order valence-electron chi connectivity index (χ4n) is 3.20. The van der Waals surface area contributed by atoms with Gasteiger partial charge in [-0.3, -0.25) is 0 Å². The number of hydrogen-bond donors (Lipinski definition) is 2. The lowest BCUT2D eigenvalue weighted by Crippen LogP contribution is -2.23. The molecule has 1 atom stereocenters. The quantitative estimate of drug-likeness (QED) is 0.617. The Kier molecular flexibility index (Phi) is 2.02. The van der Waals surface area contributed by atoms with Crippen molar-refractivity contribution in [1.29, 1.82) is 0 Å². The van der Waals surface area contributed by atoms with Gasteiger partial charge in [-0.1, -0.05) is 6.07 Å². The van der Waals surface area contributed by atoms with Crippen LogP contribution in [0.1, 0.15) is 36.8 Å².